The van der Waals surface area contributed by atoms with Gasteiger partial charge in [-0.1, -0.05) is 34.5 Å². The van der Waals surface area contributed by atoms with E-state index in [1.54, 1.807) is 0 Å². The molecule has 1 aromatic carbocycles. The molecule has 4 heteroatoms. The van der Waals surface area contributed by atoms with Crippen LogP contribution in [0.4, 0.5) is 0 Å². The van der Waals surface area contributed by atoms with Gasteiger partial charge < -0.3 is 9.84 Å². The standard InChI is InChI=1S/C15H21BrO3/c1-2-19-15(18)13(7-3-4-9-17)10-12-6-5-8-14(16)11-12/h5-6,8,11,13,17H,2-4,7,9-10H2,1H3/t13-/m1/s1. The number of aliphatic hydroxyl groups is 1. The Morgan fingerprint density at radius 1 is 1.42 bits per heavy atom. The van der Waals surface area contributed by atoms with Crippen molar-refractivity contribution in [2.75, 3.05) is 13.2 Å². The molecule has 0 aliphatic rings. The van der Waals surface area contributed by atoms with Gasteiger partial charge >= 0.3 is 5.97 Å². The van der Waals surface area contributed by atoms with E-state index in [1.165, 1.54) is 0 Å². The largest absolute Gasteiger partial charge is 0.466 e. The fourth-order valence-corrected chi connectivity index (χ4v) is 2.46. The third kappa shape index (κ3) is 6.21. The summed E-state index contributed by atoms with van der Waals surface area (Å²) < 4.78 is 6.14. The summed E-state index contributed by atoms with van der Waals surface area (Å²) >= 11 is 3.43. The molecule has 0 fully saturated rings. The molecule has 1 aromatic rings. The number of carbonyl (C=O) groups excluding carboxylic acids is 1. The van der Waals surface area contributed by atoms with E-state index in [0.717, 1.165) is 29.3 Å². The first kappa shape index (κ1) is 16.2. The smallest absolute Gasteiger partial charge is 0.309 e. The Labute approximate surface area is 123 Å². The molecule has 1 rings (SSSR count). The van der Waals surface area contributed by atoms with E-state index >= 15 is 0 Å². The second kappa shape index (κ2) is 9.10. The minimum absolute atomic E-state index is 0.124. The first-order chi connectivity index (χ1) is 9.17. The summed E-state index contributed by atoms with van der Waals surface area (Å²) in [6.07, 6.45) is 3.01. The van der Waals surface area contributed by atoms with Gasteiger partial charge in [0.05, 0.1) is 12.5 Å². The molecule has 0 bridgehead atoms. The lowest BCUT2D eigenvalue weighted by molar-refractivity contribution is -0.148. The van der Waals surface area contributed by atoms with Crippen molar-refractivity contribution in [2.45, 2.75) is 32.6 Å². The third-order valence-corrected chi connectivity index (χ3v) is 3.45. The van der Waals surface area contributed by atoms with E-state index in [2.05, 4.69) is 15.9 Å². The van der Waals surface area contributed by atoms with Crippen molar-refractivity contribution in [2.24, 2.45) is 5.92 Å². The highest BCUT2D eigenvalue weighted by Crippen LogP contribution is 2.19. The Balaban J connectivity index is 2.64. The molecule has 0 unspecified atom stereocenters. The van der Waals surface area contributed by atoms with Crippen LogP contribution >= 0.6 is 15.9 Å². The van der Waals surface area contributed by atoms with Crippen LogP contribution in [-0.4, -0.2) is 24.3 Å². The number of esters is 1. The number of unbranched alkanes of at least 4 members (excludes halogenated alkanes) is 1. The maximum absolute atomic E-state index is 11.9. The van der Waals surface area contributed by atoms with Crippen molar-refractivity contribution in [3.05, 3.63) is 34.3 Å². The number of benzene rings is 1. The van der Waals surface area contributed by atoms with Crippen LogP contribution in [0, 0.1) is 5.92 Å². The summed E-state index contributed by atoms with van der Waals surface area (Å²) in [7, 11) is 0. The molecular weight excluding hydrogens is 308 g/mol. The Kier molecular flexibility index (Phi) is 7.75. The van der Waals surface area contributed by atoms with E-state index in [0.29, 0.717) is 13.0 Å². The molecule has 0 spiro atoms. The molecule has 0 amide bonds. The predicted octanol–water partition coefficient (Wildman–Crippen LogP) is 3.33. The molecular formula is C15H21BrO3. The van der Waals surface area contributed by atoms with Crippen LogP contribution in [-0.2, 0) is 16.0 Å². The molecule has 3 nitrogen and oxygen atoms in total. The summed E-state index contributed by atoms with van der Waals surface area (Å²) in [6.45, 7) is 2.40. The van der Waals surface area contributed by atoms with Gasteiger partial charge in [-0.15, -0.1) is 0 Å². The summed E-state index contributed by atoms with van der Waals surface area (Å²) in [6, 6.07) is 7.98. The molecule has 0 saturated heterocycles. The van der Waals surface area contributed by atoms with Gasteiger partial charge in [-0.25, -0.2) is 0 Å². The average molecular weight is 329 g/mol. The number of halogens is 1. The first-order valence-electron chi connectivity index (χ1n) is 6.69. The van der Waals surface area contributed by atoms with Crippen molar-refractivity contribution in [3.63, 3.8) is 0 Å². The Hall–Kier alpha value is -0.870. The number of hydrogen-bond acceptors (Lipinski definition) is 3. The van der Waals surface area contributed by atoms with Gasteiger partial charge in [0.1, 0.15) is 0 Å². The number of carbonyl (C=O) groups is 1. The Bertz CT molecular complexity index is 393. The third-order valence-electron chi connectivity index (χ3n) is 2.95. The molecule has 0 saturated carbocycles. The van der Waals surface area contributed by atoms with Crippen LogP contribution in [0.5, 0.6) is 0 Å². The first-order valence-corrected chi connectivity index (χ1v) is 7.48. The number of ether oxygens (including phenoxy) is 1. The lowest BCUT2D eigenvalue weighted by atomic mass is 9.94. The van der Waals surface area contributed by atoms with E-state index in [9.17, 15) is 4.79 Å². The molecule has 0 aliphatic heterocycles. The van der Waals surface area contributed by atoms with Crippen molar-refractivity contribution >= 4 is 21.9 Å². The second-order valence-corrected chi connectivity index (χ2v) is 5.42. The second-order valence-electron chi connectivity index (χ2n) is 4.50. The van der Waals surface area contributed by atoms with E-state index in [4.69, 9.17) is 9.84 Å². The highest BCUT2D eigenvalue weighted by Gasteiger charge is 2.19. The topological polar surface area (TPSA) is 46.5 Å². The molecule has 106 valence electrons. The Morgan fingerprint density at radius 3 is 2.84 bits per heavy atom. The summed E-state index contributed by atoms with van der Waals surface area (Å²) in [5.74, 6) is -0.263. The normalized spacial score (nSPS) is 12.2. The zero-order valence-corrected chi connectivity index (χ0v) is 12.9. The van der Waals surface area contributed by atoms with Crippen LogP contribution in [0.25, 0.3) is 0 Å². The van der Waals surface area contributed by atoms with Gasteiger partial charge in [-0.3, -0.25) is 4.79 Å². The summed E-state index contributed by atoms with van der Waals surface area (Å²) in [5.41, 5.74) is 1.12. The monoisotopic (exact) mass is 328 g/mol. The maximum Gasteiger partial charge on any atom is 0.309 e. The highest BCUT2D eigenvalue weighted by molar-refractivity contribution is 9.10. The predicted molar refractivity (Wildman–Crippen MR) is 78.9 cm³/mol. The minimum atomic E-state index is -0.139. The minimum Gasteiger partial charge on any atom is -0.466 e. The van der Waals surface area contributed by atoms with Crippen molar-refractivity contribution in [1.29, 1.82) is 0 Å². The van der Waals surface area contributed by atoms with Crippen LogP contribution in [0.3, 0.4) is 0 Å². The van der Waals surface area contributed by atoms with Gasteiger partial charge in [-0.05, 0) is 43.9 Å². The number of rotatable bonds is 8. The molecule has 0 aromatic heterocycles. The van der Waals surface area contributed by atoms with E-state index in [1.807, 2.05) is 31.2 Å². The zero-order chi connectivity index (χ0) is 14.1. The fourth-order valence-electron chi connectivity index (χ4n) is 2.01. The lowest BCUT2D eigenvalue weighted by Gasteiger charge is -2.15. The highest BCUT2D eigenvalue weighted by atomic mass is 79.9. The van der Waals surface area contributed by atoms with Gasteiger partial charge in [0.15, 0.2) is 0 Å². The molecule has 19 heavy (non-hydrogen) atoms. The van der Waals surface area contributed by atoms with E-state index < -0.39 is 0 Å². The molecule has 1 N–H and O–H groups in total. The van der Waals surface area contributed by atoms with Crippen LogP contribution < -0.4 is 0 Å². The zero-order valence-electron chi connectivity index (χ0n) is 11.3. The summed E-state index contributed by atoms with van der Waals surface area (Å²) in [4.78, 5) is 11.9. The van der Waals surface area contributed by atoms with Crippen molar-refractivity contribution in [3.8, 4) is 0 Å². The van der Waals surface area contributed by atoms with Crippen molar-refractivity contribution < 1.29 is 14.6 Å². The number of aliphatic hydroxyl groups excluding tert-OH is 1. The SMILES string of the molecule is CCOC(=O)[C@H](CCCCO)Cc1cccc(Br)c1. The molecule has 1 atom stereocenters. The van der Waals surface area contributed by atoms with Gasteiger partial charge in [0.2, 0.25) is 0 Å². The van der Waals surface area contributed by atoms with Crippen molar-refractivity contribution in [1.82, 2.24) is 0 Å². The lowest BCUT2D eigenvalue weighted by Crippen LogP contribution is -2.20. The van der Waals surface area contributed by atoms with Crippen LogP contribution in [0.2, 0.25) is 0 Å². The van der Waals surface area contributed by atoms with Gasteiger partial charge in [-0.2, -0.15) is 0 Å². The fraction of sp³-hybridized carbons (Fsp3) is 0.533. The molecule has 0 aliphatic carbocycles. The average Bonchev–Trinajstić information content (AvgIpc) is 2.38. The maximum atomic E-state index is 11.9. The van der Waals surface area contributed by atoms with Crippen LogP contribution in [0.15, 0.2) is 28.7 Å². The summed E-state index contributed by atoms with van der Waals surface area (Å²) in [5, 5.41) is 8.82. The van der Waals surface area contributed by atoms with E-state index in [-0.39, 0.29) is 18.5 Å². The number of hydrogen-bond donors (Lipinski definition) is 1. The molecule has 0 heterocycles. The molecule has 0 radical (unpaired) electrons. The van der Waals surface area contributed by atoms with Gasteiger partial charge in [0, 0.05) is 11.1 Å². The van der Waals surface area contributed by atoms with Gasteiger partial charge in [0.25, 0.3) is 0 Å². The quantitative estimate of drug-likeness (QED) is 0.588. The van der Waals surface area contributed by atoms with Crippen LogP contribution in [0.1, 0.15) is 31.7 Å². The Morgan fingerprint density at radius 2 is 2.21 bits per heavy atom.